The lowest BCUT2D eigenvalue weighted by Gasteiger charge is -2.11. The first-order chi connectivity index (χ1) is 12.6. The first-order valence-corrected chi connectivity index (χ1v) is 9.42. The van der Waals surface area contributed by atoms with Crippen molar-refractivity contribution in [1.29, 1.82) is 0 Å². The van der Waals surface area contributed by atoms with Crippen molar-refractivity contribution in [3.05, 3.63) is 75.1 Å². The zero-order valence-corrected chi connectivity index (χ0v) is 15.6. The molecule has 4 rings (SSSR count). The van der Waals surface area contributed by atoms with Gasteiger partial charge in [0, 0.05) is 23.6 Å². The van der Waals surface area contributed by atoms with Crippen LogP contribution in [-0.2, 0) is 12.8 Å². The number of halogens is 3. The number of benzene rings is 2. The van der Waals surface area contributed by atoms with Crippen LogP contribution < -0.4 is 5.32 Å². The predicted molar refractivity (Wildman–Crippen MR) is 104 cm³/mol. The first-order valence-electron chi connectivity index (χ1n) is 8.66. The summed E-state index contributed by atoms with van der Waals surface area (Å²) >= 11 is 12.6. The standard InChI is InChI=1S/C20H18Cl2FN3/c21-14-6-9-17(22)19(12-14)26-20-16(3-1-2-10-24-20)18(25-26)11-13-4-7-15(23)8-5-13/h4-9,12,24H,1-3,10-11H2. The summed E-state index contributed by atoms with van der Waals surface area (Å²) in [6.45, 7) is 0.896. The van der Waals surface area contributed by atoms with E-state index in [4.69, 9.17) is 28.3 Å². The van der Waals surface area contributed by atoms with Crippen molar-refractivity contribution in [3.63, 3.8) is 0 Å². The van der Waals surface area contributed by atoms with E-state index < -0.39 is 0 Å². The third-order valence-corrected chi connectivity index (χ3v) is 5.19. The van der Waals surface area contributed by atoms with Crippen LogP contribution in [0.5, 0.6) is 0 Å². The van der Waals surface area contributed by atoms with Gasteiger partial charge in [-0.25, -0.2) is 9.07 Å². The van der Waals surface area contributed by atoms with Crippen molar-refractivity contribution < 1.29 is 4.39 Å². The summed E-state index contributed by atoms with van der Waals surface area (Å²) in [4.78, 5) is 0. The average molecular weight is 390 g/mol. The fourth-order valence-corrected chi connectivity index (χ4v) is 3.70. The molecule has 1 aliphatic heterocycles. The Bertz CT molecular complexity index is 935. The van der Waals surface area contributed by atoms with Gasteiger partial charge in [0.05, 0.1) is 16.4 Å². The molecule has 3 nitrogen and oxygen atoms in total. The van der Waals surface area contributed by atoms with E-state index in [1.807, 2.05) is 10.7 Å². The number of hydrogen-bond donors (Lipinski definition) is 1. The Kier molecular flexibility index (Phi) is 4.88. The summed E-state index contributed by atoms with van der Waals surface area (Å²) in [5.41, 5.74) is 3.97. The monoisotopic (exact) mass is 389 g/mol. The molecule has 6 heteroatoms. The van der Waals surface area contributed by atoms with Gasteiger partial charge in [-0.3, -0.25) is 0 Å². The Hall–Kier alpha value is -2.04. The van der Waals surface area contributed by atoms with Crippen molar-refractivity contribution in [2.75, 3.05) is 11.9 Å². The van der Waals surface area contributed by atoms with E-state index in [9.17, 15) is 4.39 Å². The van der Waals surface area contributed by atoms with E-state index in [2.05, 4.69) is 5.32 Å². The summed E-state index contributed by atoms with van der Waals surface area (Å²) < 4.78 is 15.1. The van der Waals surface area contributed by atoms with Crippen LogP contribution in [0.2, 0.25) is 10.0 Å². The van der Waals surface area contributed by atoms with Gasteiger partial charge in [-0.05, 0) is 55.2 Å². The molecule has 1 aliphatic rings. The summed E-state index contributed by atoms with van der Waals surface area (Å²) in [6.07, 6.45) is 3.81. The van der Waals surface area contributed by atoms with Gasteiger partial charge in [0.1, 0.15) is 11.6 Å². The molecule has 0 spiro atoms. The van der Waals surface area contributed by atoms with Gasteiger partial charge in [-0.2, -0.15) is 5.10 Å². The third-order valence-electron chi connectivity index (χ3n) is 4.63. The molecule has 1 aromatic heterocycles. The van der Waals surface area contributed by atoms with Crippen LogP contribution in [-0.4, -0.2) is 16.3 Å². The maximum Gasteiger partial charge on any atom is 0.133 e. The van der Waals surface area contributed by atoms with E-state index in [0.717, 1.165) is 48.6 Å². The minimum absolute atomic E-state index is 0.231. The minimum Gasteiger partial charge on any atom is -0.370 e. The van der Waals surface area contributed by atoms with Gasteiger partial charge in [0.25, 0.3) is 0 Å². The third kappa shape index (κ3) is 3.44. The topological polar surface area (TPSA) is 29.9 Å². The minimum atomic E-state index is -0.231. The number of hydrogen-bond acceptors (Lipinski definition) is 2. The quantitative estimate of drug-likeness (QED) is 0.626. The molecule has 0 fully saturated rings. The smallest absolute Gasteiger partial charge is 0.133 e. The first kappa shape index (κ1) is 17.4. The molecule has 0 saturated heterocycles. The molecule has 0 aliphatic carbocycles. The zero-order chi connectivity index (χ0) is 18.1. The SMILES string of the molecule is Fc1ccc(Cc2nn(-c3cc(Cl)ccc3Cl)c3c2CCCCN3)cc1. The molecular weight excluding hydrogens is 372 g/mol. The molecule has 0 amide bonds. The molecule has 1 N–H and O–H groups in total. The molecule has 2 aromatic carbocycles. The highest BCUT2D eigenvalue weighted by molar-refractivity contribution is 6.34. The fourth-order valence-electron chi connectivity index (χ4n) is 3.33. The summed E-state index contributed by atoms with van der Waals surface area (Å²) in [5.74, 6) is 0.745. The Morgan fingerprint density at radius 1 is 1.08 bits per heavy atom. The van der Waals surface area contributed by atoms with Crippen molar-refractivity contribution in [2.45, 2.75) is 25.7 Å². The van der Waals surface area contributed by atoms with E-state index in [1.54, 1.807) is 24.3 Å². The van der Waals surface area contributed by atoms with Crippen LogP contribution in [0.1, 0.15) is 29.7 Å². The van der Waals surface area contributed by atoms with E-state index in [1.165, 1.54) is 17.7 Å². The summed E-state index contributed by atoms with van der Waals surface area (Å²) in [5, 5.41) is 9.54. The van der Waals surface area contributed by atoms with Gasteiger partial charge >= 0.3 is 0 Å². The lowest BCUT2D eigenvalue weighted by molar-refractivity contribution is 0.627. The van der Waals surface area contributed by atoms with Crippen LogP contribution in [0.3, 0.4) is 0 Å². The van der Waals surface area contributed by atoms with Crippen molar-refractivity contribution >= 4 is 29.0 Å². The molecule has 134 valence electrons. The molecule has 26 heavy (non-hydrogen) atoms. The molecule has 0 radical (unpaired) electrons. The van der Waals surface area contributed by atoms with Crippen LogP contribution >= 0.6 is 23.2 Å². The second-order valence-corrected chi connectivity index (χ2v) is 7.31. The molecule has 0 bridgehead atoms. The van der Waals surface area contributed by atoms with E-state index >= 15 is 0 Å². The van der Waals surface area contributed by atoms with Crippen molar-refractivity contribution in [1.82, 2.24) is 9.78 Å². The number of fused-ring (bicyclic) bond motifs is 1. The van der Waals surface area contributed by atoms with Gasteiger partial charge in [0.2, 0.25) is 0 Å². The summed E-state index contributed by atoms with van der Waals surface area (Å²) in [7, 11) is 0. The Morgan fingerprint density at radius 2 is 1.88 bits per heavy atom. The maximum atomic E-state index is 13.2. The average Bonchev–Trinajstić information content (AvgIpc) is 2.81. The summed E-state index contributed by atoms with van der Waals surface area (Å²) in [6, 6.07) is 11.9. The highest BCUT2D eigenvalue weighted by Gasteiger charge is 2.22. The predicted octanol–water partition coefficient (Wildman–Crippen LogP) is 5.66. The van der Waals surface area contributed by atoms with Gasteiger partial charge in [-0.15, -0.1) is 0 Å². The second-order valence-electron chi connectivity index (χ2n) is 6.47. The normalized spacial score (nSPS) is 13.8. The highest BCUT2D eigenvalue weighted by Crippen LogP contribution is 2.33. The lowest BCUT2D eigenvalue weighted by Crippen LogP contribution is -2.07. The van der Waals surface area contributed by atoms with E-state index in [0.29, 0.717) is 16.5 Å². The van der Waals surface area contributed by atoms with Crippen molar-refractivity contribution in [3.8, 4) is 5.69 Å². The number of aromatic nitrogens is 2. The molecule has 2 heterocycles. The second kappa shape index (κ2) is 7.29. The number of nitrogens with zero attached hydrogens (tertiary/aromatic N) is 2. The highest BCUT2D eigenvalue weighted by atomic mass is 35.5. The fraction of sp³-hybridized carbons (Fsp3) is 0.250. The molecule has 0 unspecified atom stereocenters. The van der Waals surface area contributed by atoms with Gasteiger partial charge < -0.3 is 5.32 Å². The van der Waals surface area contributed by atoms with Crippen LogP contribution in [0.4, 0.5) is 10.2 Å². The zero-order valence-electron chi connectivity index (χ0n) is 14.1. The van der Waals surface area contributed by atoms with Crippen LogP contribution in [0.25, 0.3) is 5.69 Å². The number of rotatable bonds is 3. The molecule has 0 saturated carbocycles. The number of anilines is 1. The Morgan fingerprint density at radius 3 is 2.69 bits per heavy atom. The molecule has 0 atom stereocenters. The maximum absolute atomic E-state index is 13.2. The lowest BCUT2D eigenvalue weighted by atomic mass is 10.0. The molecular formula is C20H18Cl2FN3. The van der Waals surface area contributed by atoms with Crippen molar-refractivity contribution in [2.24, 2.45) is 0 Å². The Labute approximate surface area is 161 Å². The van der Waals surface area contributed by atoms with Crippen LogP contribution in [0.15, 0.2) is 42.5 Å². The van der Waals surface area contributed by atoms with Crippen LogP contribution in [0, 0.1) is 5.82 Å². The largest absolute Gasteiger partial charge is 0.370 e. The molecule has 3 aromatic rings. The van der Waals surface area contributed by atoms with Gasteiger partial charge in [0.15, 0.2) is 0 Å². The van der Waals surface area contributed by atoms with Gasteiger partial charge in [-0.1, -0.05) is 35.3 Å². The Balaban J connectivity index is 1.81. The number of nitrogens with one attached hydrogen (secondary N) is 1. The van der Waals surface area contributed by atoms with E-state index in [-0.39, 0.29) is 5.82 Å².